The van der Waals surface area contributed by atoms with Gasteiger partial charge in [-0.15, -0.1) is 0 Å². The van der Waals surface area contributed by atoms with E-state index in [1.807, 2.05) is 51.1 Å². The molecule has 174 valence electrons. The summed E-state index contributed by atoms with van der Waals surface area (Å²) in [6.45, 7) is 13.7. The molecule has 31 heavy (non-hydrogen) atoms. The predicted octanol–water partition coefficient (Wildman–Crippen LogP) is 5.66. The molecule has 2 atom stereocenters. The molecule has 0 radical (unpaired) electrons. The number of hydrogen-bond donors (Lipinski definition) is 0. The van der Waals surface area contributed by atoms with Crippen LogP contribution in [-0.4, -0.2) is 48.4 Å². The molecule has 1 fully saturated rings. The van der Waals surface area contributed by atoms with Gasteiger partial charge in [0.1, 0.15) is 11.5 Å². The average molecular weight is 432 g/mol. The van der Waals surface area contributed by atoms with E-state index in [-0.39, 0.29) is 23.5 Å². The van der Waals surface area contributed by atoms with Crippen LogP contribution < -0.4 is 0 Å². The molecule has 0 bridgehead atoms. The molecule has 1 aromatic rings. The first-order chi connectivity index (χ1) is 14.6. The quantitative estimate of drug-likeness (QED) is 0.373. The normalized spacial score (nSPS) is 19.1. The molecule has 5 heteroatoms. The Bertz CT molecular complexity index is 721. The number of carbonyl (C=O) groups excluding carboxylic acids is 1. The number of esters is 1. The molecule has 2 rings (SSSR count). The minimum absolute atomic E-state index is 0.0132. The van der Waals surface area contributed by atoms with Crippen LogP contribution in [0.4, 0.5) is 0 Å². The molecule has 5 nitrogen and oxygen atoms in total. The summed E-state index contributed by atoms with van der Waals surface area (Å²) in [5.74, 6) is 0.276. The first-order valence-corrected chi connectivity index (χ1v) is 11.5. The Hall–Kier alpha value is -2.01. The number of ether oxygens (including phenoxy) is 3. The predicted molar refractivity (Wildman–Crippen MR) is 125 cm³/mol. The number of piperidine rings is 1. The fourth-order valence-electron chi connectivity index (χ4n) is 3.98. The van der Waals surface area contributed by atoms with Crippen molar-refractivity contribution in [3.63, 3.8) is 0 Å². The Labute approximate surface area is 188 Å². The highest BCUT2D eigenvalue weighted by Crippen LogP contribution is 2.35. The van der Waals surface area contributed by atoms with Crippen LogP contribution in [0.5, 0.6) is 0 Å². The highest BCUT2D eigenvalue weighted by atomic mass is 16.6. The fraction of sp³-hybridized carbons (Fsp3) is 0.654. The second-order valence-corrected chi connectivity index (χ2v) is 9.88. The Balaban J connectivity index is 2.33. The second-order valence-electron chi connectivity index (χ2n) is 9.88. The van der Waals surface area contributed by atoms with E-state index in [0.29, 0.717) is 6.61 Å². The molecular weight excluding hydrogens is 390 g/mol. The van der Waals surface area contributed by atoms with Gasteiger partial charge in [-0.05, 0) is 71.9 Å². The van der Waals surface area contributed by atoms with Crippen LogP contribution in [0, 0.1) is 0 Å². The summed E-state index contributed by atoms with van der Waals surface area (Å²) in [4.78, 5) is 15.2. The first kappa shape index (κ1) is 25.3. The van der Waals surface area contributed by atoms with Crippen LogP contribution in [0.15, 0.2) is 42.3 Å². The Morgan fingerprint density at radius 3 is 2.42 bits per heavy atom. The molecule has 0 aromatic heterocycles. The van der Waals surface area contributed by atoms with Gasteiger partial charge in [0.25, 0.3) is 0 Å². The Morgan fingerprint density at radius 1 is 1.16 bits per heavy atom. The summed E-state index contributed by atoms with van der Waals surface area (Å²) in [5.41, 5.74) is 0.258. The van der Waals surface area contributed by atoms with Gasteiger partial charge in [0, 0.05) is 12.6 Å². The highest BCUT2D eigenvalue weighted by molar-refractivity contribution is 5.79. The largest absolute Gasteiger partial charge is 0.471 e. The smallest absolute Gasteiger partial charge is 0.315 e. The van der Waals surface area contributed by atoms with Crippen molar-refractivity contribution in [3.05, 3.63) is 47.9 Å². The van der Waals surface area contributed by atoms with Crippen molar-refractivity contribution in [2.75, 3.05) is 20.3 Å². The monoisotopic (exact) mass is 431 g/mol. The zero-order valence-corrected chi connectivity index (χ0v) is 20.4. The van der Waals surface area contributed by atoms with Crippen LogP contribution in [-0.2, 0) is 19.0 Å². The van der Waals surface area contributed by atoms with Crippen molar-refractivity contribution < 1.29 is 19.0 Å². The third-order valence-corrected chi connectivity index (χ3v) is 5.44. The number of rotatable bonds is 9. The lowest BCUT2D eigenvalue weighted by Gasteiger charge is -2.44. The number of carbonyl (C=O) groups is 1. The van der Waals surface area contributed by atoms with E-state index in [1.165, 1.54) is 7.11 Å². The van der Waals surface area contributed by atoms with Gasteiger partial charge in [-0.25, -0.2) is 0 Å². The van der Waals surface area contributed by atoms with Crippen LogP contribution in [0.3, 0.4) is 0 Å². The van der Waals surface area contributed by atoms with E-state index in [1.54, 1.807) is 0 Å². The topological polar surface area (TPSA) is 48.0 Å². The van der Waals surface area contributed by atoms with Gasteiger partial charge < -0.3 is 19.1 Å². The molecule has 1 aliphatic rings. The molecule has 0 N–H and O–H groups in total. The standard InChI is InChI=1S/C26H41NO4/c1-8-14-22(31-26(5,6)19-30-25(2,3)4)27-18-13-12-17-21(27)23(24(28)29-7)20-15-10-9-11-16-20/h9-11,14-16,21,23H,8,12-13,17-19H2,1-7H3/b22-14-. The Kier molecular flexibility index (Phi) is 8.99. The number of hydrogen-bond acceptors (Lipinski definition) is 5. The van der Waals surface area contributed by atoms with Gasteiger partial charge in [-0.1, -0.05) is 37.3 Å². The van der Waals surface area contributed by atoms with Gasteiger partial charge >= 0.3 is 5.97 Å². The van der Waals surface area contributed by atoms with E-state index >= 15 is 0 Å². The number of allylic oxidation sites excluding steroid dienone is 1. The van der Waals surface area contributed by atoms with Gasteiger partial charge in [-0.3, -0.25) is 4.79 Å². The highest BCUT2D eigenvalue weighted by Gasteiger charge is 2.39. The van der Waals surface area contributed by atoms with Crippen molar-refractivity contribution in [2.45, 2.75) is 90.4 Å². The van der Waals surface area contributed by atoms with Crippen molar-refractivity contribution in [1.29, 1.82) is 0 Å². The summed E-state index contributed by atoms with van der Waals surface area (Å²) in [6, 6.07) is 9.94. The maximum atomic E-state index is 12.9. The maximum absolute atomic E-state index is 12.9. The summed E-state index contributed by atoms with van der Waals surface area (Å²) in [6.07, 6.45) is 6.04. The zero-order valence-electron chi connectivity index (χ0n) is 20.4. The molecule has 1 aromatic carbocycles. The van der Waals surface area contributed by atoms with Gasteiger partial charge in [-0.2, -0.15) is 0 Å². The van der Waals surface area contributed by atoms with Crippen molar-refractivity contribution in [1.82, 2.24) is 4.90 Å². The first-order valence-electron chi connectivity index (χ1n) is 11.5. The van der Waals surface area contributed by atoms with Crippen LogP contribution in [0.2, 0.25) is 0 Å². The van der Waals surface area contributed by atoms with Crippen molar-refractivity contribution >= 4 is 5.97 Å². The van der Waals surface area contributed by atoms with E-state index < -0.39 is 5.60 Å². The summed E-state index contributed by atoms with van der Waals surface area (Å²) >= 11 is 0. The fourth-order valence-corrected chi connectivity index (χ4v) is 3.98. The van der Waals surface area contributed by atoms with Crippen LogP contribution in [0.1, 0.15) is 78.7 Å². The lowest BCUT2D eigenvalue weighted by Crippen LogP contribution is -2.47. The molecule has 1 aliphatic heterocycles. The van der Waals surface area contributed by atoms with E-state index in [4.69, 9.17) is 14.2 Å². The lowest BCUT2D eigenvalue weighted by atomic mass is 9.85. The van der Waals surface area contributed by atoms with E-state index in [0.717, 1.165) is 43.7 Å². The molecule has 1 saturated heterocycles. The Morgan fingerprint density at radius 2 is 1.84 bits per heavy atom. The van der Waals surface area contributed by atoms with Gasteiger partial charge in [0.2, 0.25) is 0 Å². The molecule has 0 spiro atoms. The number of benzene rings is 1. The minimum Gasteiger partial charge on any atom is -0.471 e. The summed E-state index contributed by atoms with van der Waals surface area (Å²) in [7, 11) is 1.47. The van der Waals surface area contributed by atoms with Crippen LogP contribution in [0.25, 0.3) is 0 Å². The SMILES string of the molecule is CC/C=C(\OC(C)(C)COC(C)(C)C)N1CCCCC1C(C(=O)OC)c1ccccc1. The maximum Gasteiger partial charge on any atom is 0.315 e. The summed E-state index contributed by atoms with van der Waals surface area (Å²) < 4.78 is 17.8. The number of methoxy groups -OCH3 is 1. The lowest BCUT2D eigenvalue weighted by molar-refractivity contribution is -0.146. The van der Waals surface area contributed by atoms with Gasteiger partial charge in [0.15, 0.2) is 5.88 Å². The number of likely N-dealkylation sites (tertiary alicyclic amines) is 1. The summed E-state index contributed by atoms with van der Waals surface area (Å²) in [5, 5.41) is 0. The number of nitrogens with zero attached hydrogens (tertiary/aromatic N) is 1. The van der Waals surface area contributed by atoms with E-state index in [9.17, 15) is 4.79 Å². The minimum atomic E-state index is -0.496. The zero-order chi connectivity index (χ0) is 23.1. The average Bonchev–Trinajstić information content (AvgIpc) is 2.73. The second kappa shape index (κ2) is 11.0. The van der Waals surface area contributed by atoms with Crippen LogP contribution >= 0.6 is 0 Å². The molecular formula is C26H41NO4. The van der Waals surface area contributed by atoms with Crippen molar-refractivity contribution in [2.24, 2.45) is 0 Å². The third kappa shape index (κ3) is 7.57. The molecule has 0 aliphatic carbocycles. The van der Waals surface area contributed by atoms with Crippen molar-refractivity contribution in [3.8, 4) is 0 Å². The van der Waals surface area contributed by atoms with E-state index in [2.05, 4.69) is 31.7 Å². The molecule has 0 saturated carbocycles. The molecule has 1 heterocycles. The molecule has 0 amide bonds. The molecule has 2 unspecified atom stereocenters. The van der Waals surface area contributed by atoms with Gasteiger partial charge in [0.05, 0.1) is 19.3 Å². The third-order valence-electron chi connectivity index (χ3n) is 5.44.